The number of nitrogens with one attached hydrogen (secondary N) is 1. The molecule has 0 bridgehead atoms. The number of nitrogens with two attached hydrogens (primary N) is 1. The van der Waals surface area contributed by atoms with Crippen LogP contribution in [-0.4, -0.2) is 51.2 Å². The Bertz CT molecular complexity index is 502. The third kappa shape index (κ3) is 9.75. The Labute approximate surface area is 163 Å². The van der Waals surface area contributed by atoms with E-state index in [2.05, 4.69) is 10.2 Å². The van der Waals surface area contributed by atoms with Gasteiger partial charge in [-0.2, -0.15) is 0 Å². The Balaban J connectivity index is 0. The van der Waals surface area contributed by atoms with Gasteiger partial charge in [0.15, 0.2) is 11.5 Å². The predicted octanol–water partition coefficient (Wildman–Crippen LogP) is 2.22. The van der Waals surface area contributed by atoms with E-state index in [0.29, 0.717) is 31.1 Å². The van der Waals surface area contributed by atoms with Crippen molar-refractivity contribution in [1.29, 1.82) is 0 Å². The molecule has 8 heteroatoms. The van der Waals surface area contributed by atoms with Gasteiger partial charge in [-0.25, -0.2) is 0 Å². The number of halogens is 2. The minimum atomic E-state index is -0.449. The zero-order valence-corrected chi connectivity index (χ0v) is 17.0. The number of likely N-dealkylation sites (N-methyl/N-ethyl adjacent to an activating group) is 1. The van der Waals surface area contributed by atoms with Crippen molar-refractivity contribution in [3.05, 3.63) is 23.8 Å². The summed E-state index contributed by atoms with van der Waals surface area (Å²) < 4.78 is 11.1. The molecule has 3 N–H and O–H groups in total. The SMILES string of the molecule is CCCC(N)C(=O)NCc1ccc(OCCN(C)C)c(OC)c1.Cl.Cl. The van der Waals surface area contributed by atoms with Crippen molar-refractivity contribution in [3.8, 4) is 11.5 Å². The molecule has 25 heavy (non-hydrogen) atoms. The fourth-order valence-corrected chi connectivity index (χ4v) is 2.04. The second-order valence-corrected chi connectivity index (χ2v) is 5.75. The first-order valence-corrected chi connectivity index (χ1v) is 7.95. The van der Waals surface area contributed by atoms with Gasteiger partial charge in [-0.15, -0.1) is 24.8 Å². The fraction of sp³-hybridized carbons (Fsp3) is 0.588. The molecule has 1 unspecified atom stereocenters. The molecule has 0 saturated heterocycles. The molecule has 0 spiro atoms. The van der Waals surface area contributed by atoms with Crippen LogP contribution in [0.2, 0.25) is 0 Å². The van der Waals surface area contributed by atoms with Gasteiger partial charge in [0.05, 0.1) is 13.2 Å². The summed E-state index contributed by atoms with van der Waals surface area (Å²) in [5, 5.41) is 2.85. The number of ether oxygens (including phenoxy) is 2. The number of hydrogen-bond donors (Lipinski definition) is 2. The van der Waals surface area contributed by atoms with E-state index >= 15 is 0 Å². The van der Waals surface area contributed by atoms with Gasteiger partial charge in [0, 0.05) is 13.1 Å². The van der Waals surface area contributed by atoms with E-state index in [0.717, 1.165) is 18.5 Å². The standard InChI is InChI=1S/C17H29N3O3.2ClH/c1-5-6-14(18)17(21)19-12-13-7-8-15(16(11-13)22-4)23-10-9-20(2)3;;/h7-8,11,14H,5-6,9-10,12,18H2,1-4H3,(H,19,21);2*1H. The molecule has 0 aromatic heterocycles. The minimum Gasteiger partial charge on any atom is -0.493 e. The average Bonchev–Trinajstić information content (AvgIpc) is 2.53. The summed E-state index contributed by atoms with van der Waals surface area (Å²) in [4.78, 5) is 13.9. The summed E-state index contributed by atoms with van der Waals surface area (Å²) in [5.41, 5.74) is 6.73. The van der Waals surface area contributed by atoms with E-state index in [1.54, 1.807) is 7.11 Å². The van der Waals surface area contributed by atoms with Gasteiger partial charge < -0.3 is 25.4 Å². The molecule has 0 saturated carbocycles. The Morgan fingerprint density at radius 2 is 1.96 bits per heavy atom. The topological polar surface area (TPSA) is 76.8 Å². The predicted molar refractivity (Wildman–Crippen MR) is 106 cm³/mol. The smallest absolute Gasteiger partial charge is 0.237 e. The van der Waals surface area contributed by atoms with E-state index in [1.165, 1.54) is 0 Å². The van der Waals surface area contributed by atoms with Crippen LogP contribution in [0.5, 0.6) is 11.5 Å². The van der Waals surface area contributed by atoms with Gasteiger partial charge in [-0.05, 0) is 38.2 Å². The average molecular weight is 396 g/mol. The van der Waals surface area contributed by atoms with Crippen molar-refractivity contribution in [2.75, 3.05) is 34.4 Å². The molecule has 1 aromatic carbocycles. The van der Waals surface area contributed by atoms with Crippen LogP contribution in [0.4, 0.5) is 0 Å². The van der Waals surface area contributed by atoms with Crippen LogP contribution in [-0.2, 0) is 11.3 Å². The quantitative estimate of drug-likeness (QED) is 0.634. The van der Waals surface area contributed by atoms with Crippen LogP contribution in [0.3, 0.4) is 0 Å². The molecule has 1 amide bonds. The van der Waals surface area contributed by atoms with E-state index in [1.807, 2.05) is 39.2 Å². The molecule has 0 fully saturated rings. The zero-order chi connectivity index (χ0) is 17.2. The van der Waals surface area contributed by atoms with Crippen molar-refractivity contribution in [1.82, 2.24) is 10.2 Å². The van der Waals surface area contributed by atoms with Crippen LogP contribution in [0.15, 0.2) is 18.2 Å². The maximum Gasteiger partial charge on any atom is 0.237 e. The van der Waals surface area contributed by atoms with Crippen molar-refractivity contribution < 1.29 is 14.3 Å². The summed E-state index contributed by atoms with van der Waals surface area (Å²) in [6.07, 6.45) is 1.58. The van der Waals surface area contributed by atoms with E-state index in [-0.39, 0.29) is 30.7 Å². The molecule has 0 aliphatic rings. The molecule has 146 valence electrons. The number of carbonyl (C=O) groups is 1. The maximum atomic E-state index is 11.8. The molecule has 1 rings (SSSR count). The Morgan fingerprint density at radius 3 is 2.52 bits per heavy atom. The van der Waals surface area contributed by atoms with Crippen molar-refractivity contribution in [2.24, 2.45) is 5.73 Å². The highest BCUT2D eigenvalue weighted by Gasteiger charge is 2.12. The molecule has 0 radical (unpaired) electrons. The number of amides is 1. The number of rotatable bonds is 10. The molecule has 0 aliphatic heterocycles. The highest BCUT2D eigenvalue weighted by Crippen LogP contribution is 2.28. The Morgan fingerprint density at radius 1 is 1.28 bits per heavy atom. The number of benzene rings is 1. The number of hydrogen-bond acceptors (Lipinski definition) is 5. The van der Waals surface area contributed by atoms with Gasteiger partial charge in [-0.3, -0.25) is 4.79 Å². The van der Waals surface area contributed by atoms with E-state index < -0.39 is 6.04 Å². The number of nitrogens with zero attached hydrogens (tertiary/aromatic N) is 1. The Kier molecular flexibility index (Phi) is 14.6. The molecular weight excluding hydrogens is 365 g/mol. The van der Waals surface area contributed by atoms with Gasteiger partial charge in [0.2, 0.25) is 5.91 Å². The lowest BCUT2D eigenvalue weighted by Gasteiger charge is -2.15. The first-order chi connectivity index (χ1) is 11.0. The maximum absolute atomic E-state index is 11.8. The molecule has 0 heterocycles. The van der Waals surface area contributed by atoms with Crippen molar-refractivity contribution >= 4 is 30.7 Å². The van der Waals surface area contributed by atoms with E-state index in [9.17, 15) is 4.79 Å². The molecular formula is C17H31Cl2N3O3. The van der Waals surface area contributed by atoms with Gasteiger partial charge in [0.1, 0.15) is 6.61 Å². The lowest BCUT2D eigenvalue weighted by atomic mass is 10.1. The summed E-state index contributed by atoms with van der Waals surface area (Å²) in [7, 11) is 5.60. The van der Waals surface area contributed by atoms with Crippen molar-refractivity contribution in [3.63, 3.8) is 0 Å². The van der Waals surface area contributed by atoms with Gasteiger partial charge >= 0.3 is 0 Å². The molecule has 6 nitrogen and oxygen atoms in total. The van der Waals surface area contributed by atoms with Crippen LogP contribution < -0.4 is 20.5 Å². The highest BCUT2D eigenvalue weighted by molar-refractivity contribution is 5.85. The van der Waals surface area contributed by atoms with Crippen LogP contribution >= 0.6 is 24.8 Å². The number of methoxy groups -OCH3 is 1. The summed E-state index contributed by atoms with van der Waals surface area (Å²) in [6.45, 7) is 3.85. The second-order valence-electron chi connectivity index (χ2n) is 5.75. The van der Waals surface area contributed by atoms with Crippen LogP contribution in [0.25, 0.3) is 0 Å². The first kappa shape index (κ1) is 26.0. The largest absolute Gasteiger partial charge is 0.493 e. The lowest BCUT2D eigenvalue weighted by Crippen LogP contribution is -2.40. The Hall–Kier alpha value is -1.21. The highest BCUT2D eigenvalue weighted by atomic mass is 35.5. The van der Waals surface area contributed by atoms with Crippen molar-refractivity contribution in [2.45, 2.75) is 32.4 Å². The second kappa shape index (κ2) is 14.0. The molecule has 1 atom stereocenters. The summed E-state index contributed by atoms with van der Waals surface area (Å²) in [6, 6.07) is 5.20. The third-order valence-electron chi connectivity index (χ3n) is 3.43. The summed E-state index contributed by atoms with van der Waals surface area (Å²) >= 11 is 0. The van der Waals surface area contributed by atoms with E-state index in [4.69, 9.17) is 15.2 Å². The third-order valence-corrected chi connectivity index (χ3v) is 3.43. The molecule has 0 aliphatic carbocycles. The minimum absolute atomic E-state index is 0. The first-order valence-electron chi connectivity index (χ1n) is 7.95. The fourth-order valence-electron chi connectivity index (χ4n) is 2.04. The van der Waals surface area contributed by atoms with Crippen LogP contribution in [0, 0.1) is 0 Å². The molecule has 1 aromatic rings. The van der Waals surface area contributed by atoms with Crippen LogP contribution in [0.1, 0.15) is 25.3 Å². The lowest BCUT2D eigenvalue weighted by molar-refractivity contribution is -0.122. The summed E-state index contributed by atoms with van der Waals surface area (Å²) in [5.74, 6) is 1.23. The normalized spacial score (nSPS) is 11.1. The zero-order valence-electron chi connectivity index (χ0n) is 15.4. The monoisotopic (exact) mass is 395 g/mol. The van der Waals surface area contributed by atoms with Gasteiger partial charge in [0.25, 0.3) is 0 Å². The number of carbonyl (C=O) groups excluding carboxylic acids is 1. The van der Waals surface area contributed by atoms with Gasteiger partial charge in [-0.1, -0.05) is 19.4 Å².